The van der Waals surface area contributed by atoms with Gasteiger partial charge < -0.3 is 10.5 Å². The highest BCUT2D eigenvalue weighted by Gasteiger charge is 2.31. The summed E-state index contributed by atoms with van der Waals surface area (Å²) >= 11 is 0. The third-order valence-corrected chi connectivity index (χ3v) is 3.63. The number of nitrogens with two attached hydrogens (primary N) is 1. The molecule has 0 aromatic heterocycles. The number of rotatable bonds is 6. The van der Waals surface area contributed by atoms with Gasteiger partial charge in [-0.2, -0.15) is 0 Å². The van der Waals surface area contributed by atoms with E-state index in [0.29, 0.717) is 12.0 Å². The Morgan fingerprint density at radius 3 is 2.56 bits per heavy atom. The maximum atomic E-state index is 5.94. The average molecular weight is 256 g/mol. The van der Waals surface area contributed by atoms with Crippen LogP contribution in [0.1, 0.15) is 47.5 Å². The molecule has 0 radical (unpaired) electrons. The van der Waals surface area contributed by atoms with E-state index in [-0.39, 0.29) is 5.60 Å². The lowest BCUT2D eigenvalue weighted by molar-refractivity contribution is -0.129. The van der Waals surface area contributed by atoms with E-state index < -0.39 is 0 Å². The minimum Gasteiger partial charge on any atom is -0.370 e. The van der Waals surface area contributed by atoms with Crippen LogP contribution in [-0.2, 0) is 4.74 Å². The molecule has 2 unspecified atom stereocenters. The summed E-state index contributed by atoms with van der Waals surface area (Å²) in [6.45, 7) is 15.2. The Balaban J connectivity index is 2.37. The summed E-state index contributed by atoms with van der Waals surface area (Å²) < 4.78 is 5.94. The van der Waals surface area contributed by atoms with Crippen LogP contribution in [0.15, 0.2) is 0 Å². The standard InChI is InChI=1S/C15H32N2O/c1-12(2)8-14(9-16)6-7-17-10-13(3)18-15(4,5)11-17/h12-14H,6-11,16H2,1-5H3. The van der Waals surface area contributed by atoms with Crippen molar-refractivity contribution in [1.29, 1.82) is 0 Å². The number of ether oxygens (including phenoxy) is 1. The predicted octanol–water partition coefficient (Wildman–Crippen LogP) is 2.50. The van der Waals surface area contributed by atoms with E-state index in [1.807, 2.05) is 0 Å². The molecule has 0 spiro atoms. The second-order valence-corrected chi connectivity index (χ2v) is 6.94. The quantitative estimate of drug-likeness (QED) is 0.793. The van der Waals surface area contributed by atoms with Gasteiger partial charge in [-0.05, 0) is 58.5 Å². The summed E-state index contributed by atoms with van der Waals surface area (Å²) in [6, 6.07) is 0. The van der Waals surface area contributed by atoms with E-state index >= 15 is 0 Å². The zero-order valence-electron chi connectivity index (χ0n) is 12.9. The van der Waals surface area contributed by atoms with Crippen LogP contribution in [-0.4, -0.2) is 42.8 Å². The van der Waals surface area contributed by atoms with E-state index in [1.165, 1.54) is 12.8 Å². The molecule has 1 aliphatic rings. The Morgan fingerprint density at radius 1 is 1.39 bits per heavy atom. The van der Waals surface area contributed by atoms with Crippen LogP contribution in [0.3, 0.4) is 0 Å². The van der Waals surface area contributed by atoms with Gasteiger partial charge in [-0.25, -0.2) is 0 Å². The second kappa shape index (κ2) is 6.88. The lowest BCUT2D eigenvalue weighted by atomic mass is 9.93. The summed E-state index contributed by atoms with van der Waals surface area (Å²) in [6.07, 6.45) is 2.81. The molecule has 0 saturated carbocycles. The van der Waals surface area contributed by atoms with Gasteiger partial charge in [0.2, 0.25) is 0 Å². The zero-order valence-corrected chi connectivity index (χ0v) is 12.9. The van der Waals surface area contributed by atoms with Crippen LogP contribution in [0.4, 0.5) is 0 Å². The van der Waals surface area contributed by atoms with Gasteiger partial charge in [0.05, 0.1) is 11.7 Å². The first-order valence-electron chi connectivity index (χ1n) is 7.42. The molecule has 1 saturated heterocycles. The summed E-state index contributed by atoms with van der Waals surface area (Å²) in [4.78, 5) is 2.54. The van der Waals surface area contributed by atoms with Crippen molar-refractivity contribution in [2.24, 2.45) is 17.6 Å². The fourth-order valence-corrected chi connectivity index (χ4v) is 3.12. The number of morpholine rings is 1. The molecule has 1 fully saturated rings. The molecule has 1 heterocycles. The van der Waals surface area contributed by atoms with Crippen LogP contribution < -0.4 is 5.73 Å². The SMILES string of the molecule is CC(C)CC(CN)CCN1CC(C)OC(C)(C)C1. The monoisotopic (exact) mass is 256 g/mol. The molecule has 0 bridgehead atoms. The van der Waals surface area contributed by atoms with Crippen LogP contribution in [0, 0.1) is 11.8 Å². The van der Waals surface area contributed by atoms with Crippen LogP contribution >= 0.6 is 0 Å². The molecule has 3 nitrogen and oxygen atoms in total. The molecule has 3 heteroatoms. The Kier molecular flexibility index (Phi) is 6.09. The zero-order chi connectivity index (χ0) is 13.8. The average Bonchev–Trinajstić information content (AvgIpc) is 2.20. The van der Waals surface area contributed by atoms with Crippen molar-refractivity contribution in [2.75, 3.05) is 26.2 Å². The number of nitrogens with zero attached hydrogens (tertiary/aromatic N) is 1. The highest BCUT2D eigenvalue weighted by Crippen LogP contribution is 2.22. The van der Waals surface area contributed by atoms with Crippen molar-refractivity contribution >= 4 is 0 Å². The molecule has 2 N–H and O–H groups in total. The van der Waals surface area contributed by atoms with Crippen molar-refractivity contribution in [3.05, 3.63) is 0 Å². The molecular weight excluding hydrogens is 224 g/mol. The Morgan fingerprint density at radius 2 is 2.06 bits per heavy atom. The smallest absolute Gasteiger partial charge is 0.0757 e. The van der Waals surface area contributed by atoms with Gasteiger partial charge in [0.1, 0.15) is 0 Å². The molecule has 0 amide bonds. The van der Waals surface area contributed by atoms with Gasteiger partial charge in [0.15, 0.2) is 0 Å². The van der Waals surface area contributed by atoms with Crippen LogP contribution in [0.2, 0.25) is 0 Å². The summed E-state index contributed by atoms with van der Waals surface area (Å²) in [7, 11) is 0. The lowest BCUT2D eigenvalue weighted by Crippen LogP contribution is -2.52. The van der Waals surface area contributed by atoms with Gasteiger partial charge in [-0.1, -0.05) is 13.8 Å². The largest absolute Gasteiger partial charge is 0.370 e. The Bertz CT molecular complexity index is 241. The molecule has 18 heavy (non-hydrogen) atoms. The maximum Gasteiger partial charge on any atom is 0.0757 e. The first-order valence-corrected chi connectivity index (χ1v) is 7.42. The minimum absolute atomic E-state index is 0.00603. The summed E-state index contributed by atoms with van der Waals surface area (Å²) in [5.41, 5.74) is 5.87. The molecule has 1 aliphatic heterocycles. The Hall–Kier alpha value is -0.120. The molecule has 1 rings (SSSR count). The lowest BCUT2D eigenvalue weighted by Gasteiger charge is -2.42. The molecule has 0 aromatic carbocycles. The summed E-state index contributed by atoms with van der Waals surface area (Å²) in [5.74, 6) is 1.42. The third kappa shape index (κ3) is 5.68. The van der Waals surface area contributed by atoms with E-state index in [0.717, 1.165) is 32.1 Å². The third-order valence-electron chi connectivity index (χ3n) is 3.63. The van der Waals surface area contributed by atoms with Gasteiger partial charge in [-0.3, -0.25) is 4.90 Å². The topological polar surface area (TPSA) is 38.5 Å². The van der Waals surface area contributed by atoms with Crippen molar-refractivity contribution < 1.29 is 4.74 Å². The molecule has 0 aliphatic carbocycles. The summed E-state index contributed by atoms with van der Waals surface area (Å²) in [5, 5.41) is 0. The predicted molar refractivity (Wildman–Crippen MR) is 77.7 cm³/mol. The Labute approximate surface area is 113 Å². The first-order chi connectivity index (χ1) is 8.32. The fraction of sp³-hybridized carbons (Fsp3) is 1.00. The highest BCUT2D eigenvalue weighted by molar-refractivity contribution is 4.82. The van der Waals surface area contributed by atoms with Crippen LogP contribution in [0.25, 0.3) is 0 Å². The van der Waals surface area contributed by atoms with Gasteiger partial charge in [-0.15, -0.1) is 0 Å². The van der Waals surface area contributed by atoms with E-state index in [2.05, 4.69) is 39.5 Å². The van der Waals surface area contributed by atoms with Gasteiger partial charge in [0.25, 0.3) is 0 Å². The van der Waals surface area contributed by atoms with E-state index in [9.17, 15) is 0 Å². The molecule has 0 aromatic rings. The molecular formula is C15H32N2O. The maximum absolute atomic E-state index is 5.94. The van der Waals surface area contributed by atoms with Crippen molar-refractivity contribution in [3.63, 3.8) is 0 Å². The van der Waals surface area contributed by atoms with Crippen molar-refractivity contribution in [1.82, 2.24) is 4.90 Å². The van der Waals surface area contributed by atoms with Crippen molar-refractivity contribution in [2.45, 2.75) is 59.2 Å². The minimum atomic E-state index is -0.00603. The number of hydrogen-bond donors (Lipinski definition) is 1. The van der Waals surface area contributed by atoms with Gasteiger partial charge >= 0.3 is 0 Å². The molecule has 108 valence electrons. The normalized spacial score (nSPS) is 26.5. The highest BCUT2D eigenvalue weighted by atomic mass is 16.5. The van der Waals surface area contributed by atoms with Gasteiger partial charge in [0, 0.05) is 13.1 Å². The number of hydrogen-bond acceptors (Lipinski definition) is 3. The first kappa shape index (κ1) is 15.9. The van der Waals surface area contributed by atoms with E-state index in [4.69, 9.17) is 10.5 Å². The van der Waals surface area contributed by atoms with E-state index in [1.54, 1.807) is 0 Å². The van der Waals surface area contributed by atoms with Crippen molar-refractivity contribution in [3.8, 4) is 0 Å². The van der Waals surface area contributed by atoms with Crippen LogP contribution in [0.5, 0.6) is 0 Å². The fourth-order valence-electron chi connectivity index (χ4n) is 3.12. The second-order valence-electron chi connectivity index (χ2n) is 6.94. The molecule has 2 atom stereocenters.